The molecule has 0 spiro atoms. The molecule has 2 heterocycles. The normalized spacial score (nSPS) is 20.4. The van der Waals surface area contributed by atoms with Crippen LogP contribution in [0.5, 0.6) is 0 Å². The Morgan fingerprint density at radius 1 is 1.11 bits per heavy atom. The van der Waals surface area contributed by atoms with E-state index in [0.717, 1.165) is 18.7 Å². The van der Waals surface area contributed by atoms with Gasteiger partial charge in [-0.3, -0.25) is 4.90 Å². The van der Waals surface area contributed by atoms with E-state index in [1.54, 1.807) is 12.4 Å². The summed E-state index contributed by atoms with van der Waals surface area (Å²) in [6.45, 7) is 6.35. The number of hydrogen-bond acceptors (Lipinski definition) is 4. The van der Waals surface area contributed by atoms with Crippen LogP contribution in [-0.4, -0.2) is 38.6 Å². The third-order valence-corrected chi connectivity index (χ3v) is 3.99. The zero-order chi connectivity index (χ0) is 13.0. The van der Waals surface area contributed by atoms with Gasteiger partial charge in [0.2, 0.25) is 0 Å². The molecule has 0 bridgehead atoms. The molecule has 4 nitrogen and oxygen atoms in total. The van der Waals surface area contributed by atoms with Gasteiger partial charge in [-0.15, -0.1) is 0 Å². The van der Waals surface area contributed by atoms with Crippen LogP contribution in [0.1, 0.15) is 51.2 Å². The van der Waals surface area contributed by atoms with Crippen molar-refractivity contribution in [3.63, 3.8) is 0 Å². The molecule has 1 aliphatic heterocycles. The molecule has 1 aromatic rings. The molecule has 18 heavy (non-hydrogen) atoms. The van der Waals surface area contributed by atoms with Crippen LogP contribution in [0.25, 0.3) is 0 Å². The van der Waals surface area contributed by atoms with Crippen molar-refractivity contribution >= 4 is 0 Å². The molecule has 1 N–H and O–H groups in total. The average molecular weight is 249 g/mol. The molecule has 1 atom stereocenters. The lowest BCUT2D eigenvalue weighted by atomic mass is 9.90. The first-order chi connectivity index (χ1) is 8.62. The molecule has 1 fully saturated rings. The second-order valence-corrected chi connectivity index (χ2v) is 5.63. The Balaban J connectivity index is 2.13. The summed E-state index contributed by atoms with van der Waals surface area (Å²) in [7, 11) is 0. The van der Waals surface area contributed by atoms with Gasteiger partial charge in [-0.1, -0.05) is 12.8 Å². The Kier molecular flexibility index (Phi) is 4.30. The Morgan fingerprint density at radius 3 is 2.22 bits per heavy atom. The smallest absolute Gasteiger partial charge is 0.115 e. The van der Waals surface area contributed by atoms with Crippen LogP contribution < -0.4 is 0 Å². The van der Waals surface area contributed by atoms with Gasteiger partial charge in [0.1, 0.15) is 6.33 Å². The maximum absolute atomic E-state index is 10.6. The van der Waals surface area contributed by atoms with Gasteiger partial charge >= 0.3 is 0 Å². The third-order valence-electron chi connectivity index (χ3n) is 3.99. The Hall–Kier alpha value is -1.00. The van der Waals surface area contributed by atoms with Gasteiger partial charge in [-0.05, 0) is 39.8 Å². The van der Waals surface area contributed by atoms with Gasteiger partial charge in [0.05, 0.1) is 6.10 Å². The molecule has 2 rings (SSSR count). The minimum absolute atomic E-state index is 0.269. The maximum Gasteiger partial charge on any atom is 0.115 e. The molecular weight excluding hydrogens is 226 g/mol. The van der Waals surface area contributed by atoms with Crippen molar-refractivity contribution < 1.29 is 5.11 Å². The Morgan fingerprint density at radius 2 is 1.67 bits per heavy atom. The summed E-state index contributed by atoms with van der Waals surface area (Å²) >= 11 is 0. The molecule has 0 aromatic carbocycles. The van der Waals surface area contributed by atoms with E-state index in [1.165, 1.54) is 32.0 Å². The number of likely N-dealkylation sites (tertiary alicyclic amines) is 1. The zero-order valence-corrected chi connectivity index (χ0v) is 11.3. The van der Waals surface area contributed by atoms with Gasteiger partial charge in [0, 0.05) is 23.5 Å². The summed E-state index contributed by atoms with van der Waals surface area (Å²) in [5, 5.41) is 10.6. The van der Waals surface area contributed by atoms with Crippen LogP contribution in [0.15, 0.2) is 18.7 Å². The zero-order valence-electron chi connectivity index (χ0n) is 11.3. The lowest BCUT2D eigenvalue weighted by Gasteiger charge is -2.41. The Bertz CT molecular complexity index is 359. The quantitative estimate of drug-likeness (QED) is 0.892. The summed E-state index contributed by atoms with van der Waals surface area (Å²) in [6, 6.07) is 0. The summed E-state index contributed by atoms with van der Waals surface area (Å²) in [5.74, 6) is 0. The van der Waals surface area contributed by atoms with Crippen molar-refractivity contribution in [2.45, 2.75) is 51.2 Å². The highest BCUT2D eigenvalue weighted by Crippen LogP contribution is 2.31. The lowest BCUT2D eigenvalue weighted by Crippen LogP contribution is -2.48. The maximum atomic E-state index is 10.6. The predicted octanol–water partition coefficient (Wildman–Crippen LogP) is 2.16. The standard InChI is InChI=1S/C14H23N3O/c1-14(2,17-7-5-3-4-6-8-17)13(18)12-9-15-11-16-10-12/h9-11,13,18H,3-8H2,1-2H3. The number of nitrogens with zero attached hydrogens (tertiary/aromatic N) is 3. The fourth-order valence-corrected chi connectivity index (χ4v) is 2.68. The van der Waals surface area contributed by atoms with E-state index in [2.05, 4.69) is 28.7 Å². The summed E-state index contributed by atoms with van der Waals surface area (Å²) in [6.07, 6.45) is 9.41. The highest BCUT2D eigenvalue weighted by molar-refractivity contribution is 5.12. The first-order valence-corrected chi connectivity index (χ1v) is 6.80. The first kappa shape index (κ1) is 13.4. The van der Waals surface area contributed by atoms with E-state index < -0.39 is 6.10 Å². The largest absolute Gasteiger partial charge is 0.386 e. The number of hydrogen-bond donors (Lipinski definition) is 1. The molecular formula is C14H23N3O. The van der Waals surface area contributed by atoms with E-state index in [1.807, 2.05) is 0 Å². The second kappa shape index (κ2) is 5.76. The van der Waals surface area contributed by atoms with Gasteiger partial charge in [-0.2, -0.15) is 0 Å². The van der Waals surface area contributed by atoms with Crippen molar-refractivity contribution in [3.8, 4) is 0 Å². The lowest BCUT2D eigenvalue weighted by molar-refractivity contribution is -0.0104. The van der Waals surface area contributed by atoms with Gasteiger partial charge in [0.15, 0.2) is 0 Å². The number of aliphatic hydroxyl groups excluding tert-OH is 1. The van der Waals surface area contributed by atoms with E-state index >= 15 is 0 Å². The van der Waals surface area contributed by atoms with Gasteiger partial charge in [0.25, 0.3) is 0 Å². The summed E-state index contributed by atoms with van der Waals surface area (Å²) in [4.78, 5) is 10.4. The highest BCUT2D eigenvalue weighted by Gasteiger charge is 2.35. The number of aromatic nitrogens is 2. The van der Waals surface area contributed by atoms with Gasteiger partial charge in [-0.25, -0.2) is 9.97 Å². The molecule has 0 amide bonds. The molecule has 0 saturated carbocycles. The SMILES string of the molecule is CC(C)(C(O)c1cncnc1)N1CCCCCC1. The van der Waals surface area contributed by atoms with E-state index in [0.29, 0.717) is 0 Å². The van der Waals surface area contributed by atoms with Crippen LogP contribution in [0.3, 0.4) is 0 Å². The fraction of sp³-hybridized carbons (Fsp3) is 0.714. The minimum Gasteiger partial charge on any atom is -0.386 e. The van der Waals surface area contributed by atoms with Crippen molar-refractivity contribution in [3.05, 3.63) is 24.3 Å². The molecule has 100 valence electrons. The van der Waals surface area contributed by atoms with E-state index in [-0.39, 0.29) is 5.54 Å². The van der Waals surface area contributed by atoms with Crippen molar-refractivity contribution in [1.29, 1.82) is 0 Å². The highest BCUT2D eigenvalue weighted by atomic mass is 16.3. The van der Waals surface area contributed by atoms with Crippen molar-refractivity contribution in [1.82, 2.24) is 14.9 Å². The Labute approximate surface area is 109 Å². The monoisotopic (exact) mass is 249 g/mol. The van der Waals surface area contributed by atoms with Crippen LogP contribution in [0.4, 0.5) is 0 Å². The van der Waals surface area contributed by atoms with Crippen LogP contribution in [0, 0.1) is 0 Å². The van der Waals surface area contributed by atoms with Crippen molar-refractivity contribution in [2.75, 3.05) is 13.1 Å². The van der Waals surface area contributed by atoms with Crippen molar-refractivity contribution in [2.24, 2.45) is 0 Å². The van der Waals surface area contributed by atoms with Crippen LogP contribution in [-0.2, 0) is 0 Å². The van der Waals surface area contributed by atoms with Gasteiger partial charge < -0.3 is 5.11 Å². The number of rotatable bonds is 3. The first-order valence-electron chi connectivity index (χ1n) is 6.80. The topological polar surface area (TPSA) is 49.3 Å². The molecule has 1 aliphatic rings. The van der Waals surface area contributed by atoms with Crippen LogP contribution in [0.2, 0.25) is 0 Å². The number of aliphatic hydroxyl groups is 1. The average Bonchev–Trinajstić information content (AvgIpc) is 2.68. The molecule has 0 radical (unpaired) electrons. The fourth-order valence-electron chi connectivity index (χ4n) is 2.68. The van der Waals surface area contributed by atoms with E-state index in [9.17, 15) is 5.11 Å². The second-order valence-electron chi connectivity index (χ2n) is 5.63. The van der Waals surface area contributed by atoms with Crippen LogP contribution >= 0.6 is 0 Å². The molecule has 0 aliphatic carbocycles. The minimum atomic E-state index is -0.545. The predicted molar refractivity (Wildman–Crippen MR) is 71.1 cm³/mol. The molecule has 1 aromatic heterocycles. The molecule has 1 unspecified atom stereocenters. The molecule has 4 heteroatoms. The molecule has 1 saturated heterocycles. The third kappa shape index (κ3) is 2.87. The summed E-state index contributed by atoms with van der Waals surface area (Å²) < 4.78 is 0. The van der Waals surface area contributed by atoms with E-state index in [4.69, 9.17) is 0 Å². The summed E-state index contributed by atoms with van der Waals surface area (Å²) in [5.41, 5.74) is 0.529.